The van der Waals surface area contributed by atoms with Crippen LogP contribution in [0.15, 0.2) is 12.1 Å². The van der Waals surface area contributed by atoms with E-state index < -0.39 is 45.3 Å². The SMILES string of the molecule is CC(C)(O)C(=O)Nc1ccc([N+](=O)[O-])c(C(F)(F)F)c1O. The third-order valence-corrected chi connectivity index (χ3v) is 2.44. The molecule has 21 heavy (non-hydrogen) atoms. The summed E-state index contributed by atoms with van der Waals surface area (Å²) in [6.07, 6.45) is -5.19. The molecule has 3 N–H and O–H groups in total. The lowest BCUT2D eigenvalue weighted by Crippen LogP contribution is -2.36. The topological polar surface area (TPSA) is 113 Å². The number of carbonyl (C=O) groups excluding carboxylic acids is 1. The van der Waals surface area contributed by atoms with Crippen molar-refractivity contribution in [3.05, 3.63) is 27.8 Å². The second-order valence-electron chi connectivity index (χ2n) is 4.62. The number of carbonyl (C=O) groups is 1. The maximum atomic E-state index is 12.8. The Kier molecular flexibility index (Phi) is 4.14. The Hall–Kier alpha value is -2.36. The zero-order valence-electron chi connectivity index (χ0n) is 10.9. The average Bonchev–Trinajstić information content (AvgIpc) is 2.27. The van der Waals surface area contributed by atoms with E-state index in [4.69, 9.17) is 0 Å². The summed E-state index contributed by atoms with van der Waals surface area (Å²) >= 11 is 0. The number of nitrogens with one attached hydrogen (secondary N) is 1. The summed E-state index contributed by atoms with van der Waals surface area (Å²) < 4.78 is 38.4. The fourth-order valence-corrected chi connectivity index (χ4v) is 1.39. The van der Waals surface area contributed by atoms with Crippen molar-refractivity contribution >= 4 is 17.3 Å². The van der Waals surface area contributed by atoms with Crippen molar-refractivity contribution in [2.75, 3.05) is 5.32 Å². The van der Waals surface area contributed by atoms with E-state index in [1.807, 2.05) is 5.32 Å². The van der Waals surface area contributed by atoms with Gasteiger partial charge in [0.15, 0.2) is 11.3 Å². The predicted molar refractivity (Wildman–Crippen MR) is 64.7 cm³/mol. The van der Waals surface area contributed by atoms with Crippen molar-refractivity contribution in [2.24, 2.45) is 0 Å². The van der Waals surface area contributed by atoms with Crippen LogP contribution in [0.1, 0.15) is 19.4 Å². The van der Waals surface area contributed by atoms with E-state index in [1.165, 1.54) is 0 Å². The minimum atomic E-state index is -5.19. The number of nitro groups is 1. The van der Waals surface area contributed by atoms with Crippen molar-refractivity contribution in [3.63, 3.8) is 0 Å². The number of phenolic OH excluding ortho intramolecular Hbond substituents is 1. The number of anilines is 1. The normalized spacial score (nSPS) is 12.1. The molecule has 0 aliphatic heterocycles. The number of aromatic hydroxyl groups is 1. The minimum absolute atomic E-state index is 0.503. The van der Waals surface area contributed by atoms with E-state index in [0.29, 0.717) is 6.07 Å². The summed E-state index contributed by atoms with van der Waals surface area (Å²) in [6, 6.07) is 1.24. The molecule has 0 saturated heterocycles. The highest BCUT2D eigenvalue weighted by atomic mass is 19.4. The second kappa shape index (κ2) is 5.20. The lowest BCUT2D eigenvalue weighted by atomic mass is 10.1. The molecule has 7 nitrogen and oxygen atoms in total. The summed E-state index contributed by atoms with van der Waals surface area (Å²) in [7, 11) is 0. The van der Waals surface area contributed by atoms with Crippen molar-refractivity contribution in [2.45, 2.75) is 25.6 Å². The maximum Gasteiger partial charge on any atom is 0.426 e. The number of alkyl halides is 3. The third-order valence-electron chi connectivity index (χ3n) is 2.44. The van der Waals surface area contributed by atoms with Crippen LogP contribution in [-0.4, -0.2) is 26.6 Å². The zero-order chi connectivity index (χ0) is 16.6. The monoisotopic (exact) mass is 308 g/mol. The van der Waals surface area contributed by atoms with Gasteiger partial charge in [0.05, 0.1) is 10.6 Å². The number of aliphatic hydroxyl groups is 1. The highest BCUT2D eigenvalue weighted by Crippen LogP contribution is 2.45. The first kappa shape index (κ1) is 16.7. The number of hydrogen-bond donors (Lipinski definition) is 3. The molecule has 0 radical (unpaired) electrons. The number of rotatable bonds is 3. The first-order valence-corrected chi connectivity index (χ1v) is 5.47. The van der Waals surface area contributed by atoms with Crippen molar-refractivity contribution < 1.29 is 33.1 Å². The van der Waals surface area contributed by atoms with Crippen molar-refractivity contribution in [3.8, 4) is 5.75 Å². The van der Waals surface area contributed by atoms with Crippen molar-refractivity contribution in [1.82, 2.24) is 0 Å². The predicted octanol–water partition coefficient (Wildman–Crippen LogP) is 2.03. The standard InChI is InChI=1S/C11H11F3N2O5/c1-10(2,19)9(18)15-5-3-4-6(16(20)21)7(8(5)17)11(12,13)14/h3-4,17,19H,1-2H3,(H,15,18). The Balaban J connectivity index is 3.40. The number of nitrogens with zero attached hydrogens (tertiary/aromatic N) is 1. The van der Waals surface area contributed by atoms with E-state index in [1.54, 1.807) is 0 Å². The minimum Gasteiger partial charge on any atom is -0.505 e. The van der Waals surface area contributed by atoms with Crippen LogP contribution in [0.25, 0.3) is 0 Å². The van der Waals surface area contributed by atoms with Crippen LogP contribution in [0, 0.1) is 10.1 Å². The Bertz CT molecular complexity index is 593. The molecule has 1 amide bonds. The Morgan fingerprint density at radius 3 is 2.24 bits per heavy atom. The zero-order valence-corrected chi connectivity index (χ0v) is 10.9. The maximum absolute atomic E-state index is 12.8. The molecule has 0 atom stereocenters. The summed E-state index contributed by atoms with van der Waals surface area (Å²) in [5.74, 6) is -2.57. The van der Waals surface area contributed by atoms with Crippen molar-refractivity contribution in [1.29, 1.82) is 0 Å². The van der Waals surface area contributed by atoms with Gasteiger partial charge in [-0.05, 0) is 19.9 Å². The van der Waals surface area contributed by atoms with Crippen LogP contribution >= 0.6 is 0 Å². The summed E-state index contributed by atoms with van der Waals surface area (Å²) in [5.41, 5.74) is -5.82. The van der Waals surface area contributed by atoms with Gasteiger partial charge in [0.2, 0.25) is 0 Å². The number of amides is 1. The van der Waals surface area contributed by atoms with E-state index in [-0.39, 0.29) is 0 Å². The second-order valence-corrected chi connectivity index (χ2v) is 4.62. The first-order valence-electron chi connectivity index (χ1n) is 5.47. The molecule has 1 rings (SSSR count). The number of phenols is 1. The molecule has 0 aromatic heterocycles. The average molecular weight is 308 g/mol. The van der Waals surface area contributed by atoms with Gasteiger partial charge in [0.25, 0.3) is 11.6 Å². The third kappa shape index (κ3) is 3.60. The van der Waals surface area contributed by atoms with Gasteiger partial charge in [-0.1, -0.05) is 0 Å². The van der Waals surface area contributed by atoms with E-state index in [0.717, 1.165) is 19.9 Å². The number of hydrogen-bond acceptors (Lipinski definition) is 5. The number of halogens is 3. The molecule has 0 heterocycles. The fraction of sp³-hybridized carbons (Fsp3) is 0.364. The van der Waals surface area contributed by atoms with Gasteiger partial charge >= 0.3 is 6.18 Å². The molecule has 0 bridgehead atoms. The van der Waals surface area contributed by atoms with Crippen LogP contribution < -0.4 is 5.32 Å². The van der Waals surface area contributed by atoms with Gasteiger partial charge < -0.3 is 15.5 Å². The van der Waals surface area contributed by atoms with Gasteiger partial charge in [-0.25, -0.2) is 0 Å². The Morgan fingerprint density at radius 1 is 1.33 bits per heavy atom. The summed E-state index contributed by atoms with van der Waals surface area (Å²) in [6.45, 7) is 2.16. The van der Waals surface area contributed by atoms with Gasteiger partial charge in [0.1, 0.15) is 5.60 Å². The van der Waals surface area contributed by atoms with Gasteiger partial charge in [-0.2, -0.15) is 13.2 Å². The molecule has 0 spiro atoms. The molecule has 10 heteroatoms. The summed E-state index contributed by atoms with van der Waals surface area (Å²) in [4.78, 5) is 20.8. The fourth-order valence-electron chi connectivity index (χ4n) is 1.39. The molecule has 0 saturated carbocycles. The molecule has 1 aromatic carbocycles. The first-order chi connectivity index (χ1) is 9.35. The molecular formula is C11H11F3N2O5. The highest BCUT2D eigenvalue weighted by molar-refractivity contribution is 5.98. The van der Waals surface area contributed by atoms with Crippen LogP contribution in [0.3, 0.4) is 0 Å². The quantitative estimate of drug-likeness (QED) is 0.449. The Labute approximate surface area is 116 Å². The molecule has 0 aliphatic rings. The van der Waals surface area contributed by atoms with E-state index in [9.17, 15) is 38.3 Å². The smallest absolute Gasteiger partial charge is 0.426 e. The van der Waals surface area contributed by atoms with Crippen LogP contribution in [-0.2, 0) is 11.0 Å². The van der Waals surface area contributed by atoms with Crippen LogP contribution in [0.5, 0.6) is 5.75 Å². The van der Waals surface area contributed by atoms with Crippen LogP contribution in [0.4, 0.5) is 24.5 Å². The molecule has 0 aliphatic carbocycles. The lowest BCUT2D eigenvalue weighted by molar-refractivity contribution is -0.388. The summed E-state index contributed by atoms with van der Waals surface area (Å²) in [5, 5.41) is 31.4. The highest BCUT2D eigenvalue weighted by Gasteiger charge is 2.43. The van der Waals surface area contributed by atoms with E-state index in [2.05, 4.69) is 0 Å². The van der Waals surface area contributed by atoms with Gasteiger partial charge in [0, 0.05) is 6.07 Å². The molecular weight excluding hydrogens is 297 g/mol. The lowest BCUT2D eigenvalue weighted by Gasteiger charge is -2.18. The Morgan fingerprint density at radius 2 is 1.86 bits per heavy atom. The number of nitro benzene ring substituents is 1. The molecule has 0 fully saturated rings. The van der Waals surface area contributed by atoms with Gasteiger partial charge in [-0.15, -0.1) is 0 Å². The number of benzene rings is 1. The molecule has 116 valence electrons. The molecule has 0 unspecified atom stereocenters. The van der Waals surface area contributed by atoms with E-state index >= 15 is 0 Å². The van der Waals surface area contributed by atoms with Crippen LogP contribution in [0.2, 0.25) is 0 Å². The largest absolute Gasteiger partial charge is 0.505 e. The van der Waals surface area contributed by atoms with Gasteiger partial charge in [-0.3, -0.25) is 14.9 Å². The molecule has 1 aromatic rings.